The van der Waals surface area contributed by atoms with E-state index >= 15 is 0 Å². The van der Waals surface area contributed by atoms with Crippen LogP contribution >= 0.6 is 27.5 Å². The van der Waals surface area contributed by atoms with Crippen molar-refractivity contribution in [1.29, 1.82) is 0 Å². The van der Waals surface area contributed by atoms with Crippen LogP contribution in [-0.2, 0) is 13.0 Å². The van der Waals surface area contributed by atoms with E-state index in [0.717, 1.165) is 55.2 Å². The summed E-state index contributed by atoms with van der Waals surface area (Å²) >= 11 is 9.66. The molecule has 0 aliphatic carbocycles. The SMILES string of the molecule is CCN(CCCBr)Cc1cc(Cl)cc2c1OCC2. The molecule has 0 saturated heterocycles. The zero-order chi connectivity index (χ0) is 13.0. The van der Waals surface area contributed by atoms with Crippen LogP contribution in [0.3, 0.4) is 0 Å². The summed E-state index contributed by atoms with van der Waals surface area (Å²) in [5.74, 6) is 1.07. The van der Waals surface area contributed by atoms with Crippen LogP contribution in [0.1, 0.15) is 24.5 Å². The second-order valence-corrected chi connectivity index (χ2v) is 5.79. The van der Waals surface area contributed by atoms with Gasteiger partial charge in [0, 0.05) is 28.9 Å². The summed E-state index contributed by atoms with van der Waals surface area (Å²) in [6.45, 7) is 6.06. The summed E-state index contributed by atoms with van der Waals surface area (Å²) in [7, 11) is 0. The summed E-state index contributed by atoms with van der Waals surface area (Å²) < 4.78 is 5.74. The van der Waals surface area contributed by atoms with Gasteiger partial charge in [0.15, 0.2) is 0 Å². The highest BCUT2D eigenvalue weighted by molar-refractivity contribution is 9.09. The van der Waals surface area contributed by atoms with Gasteiger partial charge in [0.05, 0.1) is 6.61 Å². The van der Waals surface area contributed by atoms with E-state index in [4.69, 9.17) is 16.3 Å². The van der Waals surface area contributed by atoms with Crippen LogP contribution in [0, 0.1) is 0 Å². The first-order chi connectivity index (χ1) is 8.74. The summed E-state index contributed by atoms with van der Waals surface area (Å²) in [6, 6.07) is 4.07. The highest BCUT2D eigenvalue weighted by Gasteiger charge is 2.18. The molecule has 0 saturated carbocycles. The van der Waals surface area contributed by atoms with Crippen molar-refractivity contribution in [3.05, 3.63) is 28.3 Å². The standard InChI is InChI=1S/C14H19BrClNO/c1-2-17(6-3-5-15)10-12-9-13(16)8-11-4-7-18-14(11)12/h8-9H,2-7,10H2,1H3. The van der Waals surface area contributed by atoms with Crippen LogP contribution in [0.2, 0.25) is 5.02 Å². The van der Waals surface area contributed by atoms with Gasteiger partial charge in [0.1, 0.15) is 5.75 Å². The maximum absolute atomic E-state index is 6.18. The molecule has 1 aromatic rings. The monoisotopic (exact) mass is 331 g/mol. The first kappa shape index (κ1) is 14.2. The lowest BCUT2D eigenvalue weighted by Crippen LogP contribution is -2.24. The summed E-state index contributed by atoms with van der Waals surface area (Å²) in [4.78, 5) is 2.43. The molecule has 0 bridgehead atoms. The third-order valence-electron chi connectivity index (χ3n) is 3.27. The molecular formula is C14H19BrClNO. The minimum Gasteiger partial charge on any atom is -0.493 e. The largest absolute Gasteiger partial charge is 0.493 e. The van der Waals surface area contributed by atoms with E-state index in [9.17, 15) is 0 Å². The van der Waals surface area contributed by atoms with Crippen LogP contribution in [0.4, 0.5) is 0 Å². The fourth-order valence-electron chi connectivity index (χ4n) is 2.34. The number of halogens is 2. The Morgan fingerprint density at radius 2 is 2.28 bits per heavy atom. The van der Waals surface area contributed by atoms with Crippen molar-refractivity contribution in [2.45, 2.75) is 26.3 Å². The van der Waals surface area contributed by atoms with Crippen LogP contribution in [0.25, 0.3) is 0 Å². The van der Waals surface area contributed by atoms with Gasteiger partial charge in [-0.05, 0) is 37.2 Å². The predicted molar refractivity (Wildman–Crippen MR) is 80.0 cm³/mol. The highest BCUT2D eigenvalue weighted by Crippen LogP contribution is 2.33. The van der Waals surface area contributed by atoms with Gasteiger partial charge in [-0.3, -0.25) is 4.90 Å². The summed E-state index contributed by atoms with van der Waals surface area (Å²) in [6.07, 6.45) is 2.15. The highest BCUT2D eigenvalue weighted by atomic mass is 79.9. The molecule has 1 heterocycles. The molecule has 0 unspecified atom stereocenters. The van der Waals surface area contributed by atoms with Crippen molar-refractivity contribution in [1.82, 2.24) is 4.90 Å². The number of alkyl halides is 1. The van der Waals surface area contributed by atoms with Crippen molar-refractivity contribution in [3.63, 3.8) is 0 Å². The number of fused-ring (bicyclic) bond motifs is 1. The van der Waals surface area contributed by atoms with Crippen LogP contribution in [0.5, 0.6) is 5.75 Å². The lowest BCUT2D eigenvalue weighted by Gasteiger charge is -2.21. The minimum atomic E-state index is 0.788. The smallest absolute Gasteiger partial charge is 0.127 e. The fraction of sp³-hybridized carbons (Fsp3) is 0.571. The third kappa shape index (κ3) is 3.40. The maximum Gasteiger partial charge on any atom is 0.127 e. The molecule has 4 heteroatoms. The average Bonchev–Trinajstić information content (AvgIpc) is 2.82. The molecule has 0 aromatic heterocycles. The Morgan fingerprint density at radius 3 is 3.00 bits per heavy atom. The molecule has 0 fully saturated rings. The molecule has 18 heavy (non-hydrogen) atoms. The number of benzene rings is 1. The van der Waals surface area contributed by atoms with E-state index in [-0.39, 0.29) is 0 Å². The average molecular weight is 333 g/mol. The molecule has 2 nitrogen and oxygen atoms in total. The summed E-state index contributed by atoms with van der Waals surface area (Å²) in [5, 5.41) is 1.87. The van der Waals surface area contributed by atoms with Gasteiger partial charge in [-0.1, -0.05) is 34.5 Å². The van der Waals surface area contributed by atoms with Gasteiger partial charge < -0.3 is 4.74 Å². The van der Waals surface area contributed by atoms with E-state index in [1.165, 1.54) is 11.1 Å². The summed E-state index contributed by atoms with van der Waals surface area (Å²) in [5.41, 5.74) is 2.49. The lowest BCUT2D eigenvalue weighted by molar-refractivity contribution is 0.274. The zero-order valence-corrected chi connectivity index (χ0v) is 13.1. The molecule has 100 valence electrons. The van der Waals surface area contributed by atoms with Crippen molar-refractivity contribution in [3.8, 4) is 5.75 Å². The van der Waals surface area contributed by atoms with E-state index in [1.54, 1.807) is 0 Å². The molecule has 0 spiro atoms. The first-order valence-electron chi connectivity index (χ1n) is 6.47. The Morgan fingerprint density at radius 1 is 1.44 bits per heavy atom. The number of hydrogen-bond acceptors (Lipinski definition) is 2. The van der Waals surface area contributed by atoms with Gasteiger partial charge in [0.25, 0.3) is 0 Å². The van der Waals surface area contributed by atoms with Crippen LogP contribution < -0.4 is 4.74 Å². The normalized spacial score (nSPS) is 13.8. The number of nitrogens with zero attached hydrogens (tertiary/aromatic N) is 1. The second kappa shape index (κ2) is 6.78. The Kier molecular flexibility index (Phi) is 5.34. The van der Waals surface area contributed by atoms with Crippen molar-refractivity contribution >= 4 is 27.5 Å². The lowest BCUT2D eigenvalue weighted by atomic mass is 10.1. The van der Waals surface area contributed by atoms with E-state index in [2.05, 4.69) is 27.8 Å². The predicted octanol–water partition coefficient (Wildman–Crippen LogP) is 3.88. The van der Waals surface area contributed by atoms with Crippen molar-refractivity contribution in [2.24, 2.45) is 0 Å². The molecule has 1 aliphatic heterocycles. The van der Waals surface area contributed by atoms with Crippen molar-refractivity contribution in [2.75, 3.05) is 25.0 Å². The Balaban J connectivity index is 2.12. The number of hydrogen-bond donors (Lipinski definition) is 0. The Hall–Kier alpha value is -0.250. The number of ether oxygens (including phenoxy) is 1. The molecule has 2 rings (SSSR count). The zero-order valence-electron chi connectivity index (χ0n) is 10.7. The molecule has 0 amide bonds. The third-order valence-corrected chi connectivity index (χ3v) is 4.05. The quantitative estimate of drug-likeness (QED) is 0.733. The van der Waals surface area contributed by atoms with E-state index in [0.29, 0.717) is 0 Å². The molecule has 1 aliphatic rings. The van der Waals surface area contributed by atoms with Gasteiger partial charge in [-0.2, -0.15) is 0 Å². The Bertz CT molecular complexity index is 411. The van der Waals surface area contributed by atoms with E-state index < -0.39 is 0 Å². The van der Waals surface area contributed by atoms with Gasteiger partial charge in [-0.15, -0.1) is 0 Å². The van der Waals surface area contributed by atoms with Gasteiger partial charge in [0.2, 0.25) is 0 Å². The minimum absolute atomic E-state index is 0.788. The Labute approximate surface area is 122 Å². The van der Waals surface area contributed by atoms with E-state index in [1.807, 2.05) is 12.1 Å². The molecule has 0 radical (unpaired) electrons. The van der Waals surface area contributed by atoms with Gasteiger partial charge in [-0.25, -0.2) is 0 Å². The first-order valence-corrected chi connectivity index (χ1v) is 7.97. The fourth-order valence-corrected chi connectivity index (χ4v) is 2.85. The van der Waals surface area contributed by atoms with Crippen LogP contribution in [0.15, 0.2) is 12.1 Å². The molecule has 1 aromatic carbocycles. The maximum atomic E-state index is 6.18. The topological polar surface area (TPSA) is 12.5 Å². The second-order valence-electron chi connectivity index (χ2n) is 4.56. The van der Waals surface area contributed by atoms with Crippen LogP contribution in [-0.4, -0.2) is 29.9 Å². The number of rotatable bonds is 6. The van der Waals surface area contributed by atoms with Gasteiger partial charge >= 0.3 is 0 Å². The molecule has 0 N–H and O–H groups in total. The molecule has 0 atom stereocenters. The van der Waals surface area contributed by atoms with Crippen molar-refractivity contribution < 1.29 is 4.74 Å². The molecular weight excluding hydrogens is 314 g/mol.